The lowest BCUT2D eigenvalue weighted by molar-refractivity contribution is -0.103. The van der Waals surface area contributed by atoms with Crippen LogP contribution in [0.15, 0.2) is 0 Å². The minimum absolute atomic E-state index is 0.0313. The van der Waals surface area contributed by atoms with E-state index in [1.165, 1.54) is 25.7 Å². The zero-order valence-corrected chi connectivity index (χ0v) is 10.8. The summed E-state index contributed by atoms with van der Waals surface area (Å²) in [6.45, 7) is 5.15. The topological polar surface area (TPSA) is 46.2 Å². The van der Waals surface area contributed by atoms with Gasteiger partial charge < -0.3 is 10.8 Å². The molecule has 3 N–H and O–H groups in total. The monoisotopic (exact) mass is 225 g/mol. The molecule has 0 amide bonds. The molecule has 4 atom stereocenters. The predicted octanol–water partition coefficient (Wildman–Crippen LogP) is 2.69. The van der Waals surface area contributed by atoms with Crippen LogP contribution in [0.4, 0.5) is 0 Å². The Balaban J connectivity index is 2.21. The first-order chi connectivity index (χ1) is 7.58. The molecule has 2 nitrogen and oxygen atoms in total. The first-order valence-corrected chi connectivity index (χ1v) is 7.00. The van der Waals surface area contributed by atoms with Crippen LogP contribution in [-0.4, -0.2) is 17.3 Å². The molecule has 2 rings (SSSR count). The van der Waals surface area contributed by atoms with Crippen molar-refractivity contribution in [2.45, 2.75) is 64.4 Å². The number of nitrogens with two attached hydrogens (primary N) is 1. The van der Waals surface area contributed by atoms with Crippen molar-refractivity contribution in [3.05, 3.63) is 0 Å². The molecule has 2 aliphatic carbocycles. The summed E-state index contributed by atoms with van der Waals surface area (Å²) in [6.07, 6.45) is 8.13. The summed E-state index contributed by atoms with van der Waals surface area (Å²) >= 11 is 0. The Morgan fingerprint density at radius 3 is 2.50 bits per heavy atom. The highest BCUT2D eigenvalue weighted by atomic mass is 16.3. The van der Waals surface area contributed by atoms with Crippen molar-refractivity contribution >= 4 is 0 Å². The smallest absolute Gasteiger partial charge is 0.0741 e. The predicted molar refractivity (Wildman–Crippen MR) is 67.1 cm³/mol. The van der Waals surface area contributed by atoms with E-state index >= 15 is 0 Å². The SMILES string of the molecule is CCC1CCC(CN)(C2(O)CCCC2C)C1. The lowest BCUT2D eigenvalue weighted by Crippen LogP contribution is -2.53. The summed E-state index contributed by atoms with van der Waals surface area (Å²) in [5.74, 6) is 1.23. The van der Waals surface area contributed by atoms with Crippen molar-refractivity contribution in [1.82, 2.24) is 0 Å². The van der Waals surface area contributed by atoms with Crippen LogP contribution in [0.3, 0.4) is 0 Å². The molecule has 4 unspecified atom stereocenters. The molecule has 2 heteroatoms. The van der Waals surface area contributed by atoms with Gasteiger partial charge in [0.2, 0.25) is 0 Å². The highest BCUT2D eigenvalue weighted by molar-refractivity contribution is 5.08. The van der Waals surface area contributed by atoms with E-state index in [-0.39, 0.29) is 5.41 Å². The molecule has 2 aliphatic rings. The number of hydrogen-bond donors (Lipinski definition) is 2. The Kier molecular flexibility index (Phi) is 3.33. The Hall–Kier alpha value is -0.0800. The van der Waals surface area contributed by atoms with Gasteiger partial charge in [-0.3, -0.25) is 0 Å². The molecule has 0 radical (unpaired) electrons. The van der Waals surface area contributed by atoms with E-state index in [2.05, 4.69) is 13.8 Å². The fourth-order valence-electron chi connectivity index (χ4n) is 4.29. The molecule has 0 spiro atoms. The third-order valence-electron chi connectivity index (χ3n) is 5.61. The molecule has 0 bridgehead atoms. The number of rotatable bonds is 3. The maximum absolute atomic E-state index is 11.0. The van der Waals surface area contributed by atoms with Gasteiger partial charge in [0.15, 0.2) is 0 Å². The summed E-state index contributed by atoms with van der Waals surface area (Å²) in [7, 11) is 0. The molecule has 2 fully saturated rings. The van der Waals surface area contributed by atoms with Crippen LogP contribution in [0.2, 0.25) is 0 Å². The molecule has 0 aromatic carbocycles. The minimum Gasteiger partial charge on any atom is -0.389 e. The van der Waals surface area contributed by atoms with Gasteiger partial charge in [0.25, 0.3) is 0 Å². The summed E-state index contributed by atoms with van der Waals surface area (Å²) in [5, 5.41) is 11.0. The first-order valence-electron chi connectivity index (χ1n) is 7.00. The lowest BCUT2D eigenvalue weighted by Gasteiger charge is -2.45. The largest absolute Gasteiger partial charge is 0.389 e. The Morgan fingerprint density at radius 2 is 2.06 bits per heavy atom. The van der Waals surface area contributed by atoms with Crippen LogP contribution < -0.4 is 5.73 Å². The zero-order chi connectivity index (χ0) is 11.8. The number of aliphatic hydroxyl groups is 1. The second kappa shape index (κ2) is 4.30. The van der Waals surface area contributed by atoms with Crippen molar-refractivity contribution < 1.29 is 5.11 Å². The van der Waals surface area contributed by atoms with E-state index in [0.29, 0.717) is 12.5 Å². The first kappa shape index (κ1) is 12.4. The van der Waals surface area contributed by atoms with E-state index in [1.807, 2.05) is 0 Å². The van der Waals surface area contributed by atoms with Crippen LogP contribution in [0.1, 0.15) is 58.8 Å². The van der Waals surface area contributed by atoms with Crippen LogP contribution in [0.5, 0.6) is 0 Å². The summed E-state index contributed by atoms with van der Waals surface area (Å²) in [6, 6.07) is 0. The Morgan fingerprint density at radius 1 is 1.31 bits per heavy atom. The minimum atomic E-state index is -0.467. The van der Waals surface area contributed by atoms with Crippen LogP contribution >= 0.6 is 0 Å². The molecule has 0 aliphatic heterocycles. The van der Waals surface area contributed by atoms with Gasteiger partial charge in [-0.1, -0.05) is 26.7 Å². The van der Waals surface area contributed by atoms with Gasteiger partial charge in [-0.05, 0) is 43.9 Å². The summed E-state index contributed by atoms with van der Waals surface area (Å²) in [4.78, 5) is 0. The van der Waals surface area contributed by atoms with Gasteiger partial charge in [0, 0.05) is 12.0 Å². The highest BCUT2D eigenvalue weighted by Crippen LogP contribution is 2.56. The zero-order valence-electron chi connectivity index (χ0n) is 10.8. The summed E-state index contributed by atoms with van der Waals surface area (Å²) < 4.78 is 0. The molecule has 0 aromatic rings. The standard InChI is InChI=1S/C14H27NO/c1-3-12-6-8-13(9-12,10-15)14(16)7-4-5-11(14)2/h11-12,16H,3-10,15H2,1-2H3. The van der Waals surface area contributed by atoms with Gasteiger partial charge in [-0.2, -0.15) is 0 Å². The van der Waals surface area contributed by atoms with E-state index < -0.39 is 5.60 Å². The second-order valence-corrected chi connectivity index (χ2v) is 6.22. The molecule has 16 heavy (non-hydrogen) atoms. The normalized spacial score (nSPS) is 48.8. The quantitative estimate of drug-likeness (QED) is 0.775. The fourth-order valence-corrected chi connectivity index (χ4v) is 4.29. The molecule has 0 saturated heterocycles. The van der Waals surface area contributed by atoms with E-state index in [9.17, 15) is 5.11 Å². The third-order valence-corrected chi connectivity index (χ3v) is 5.61. The Labute approximate surface area is 99.6 Å². The van der Waals surface area contributed by atoms with Crippen molar-refractivity contribution in [2.24, 2.45) is 23.0 Å². The molecule has 0 heterocycles. The number of hydrogen-bond acceptors (Lipinski definition) is 2. The molecule has 94 valence electrons. The third kappa shape index (κ3) is 1.62. The van der Waals surface area contributed by atoms with E-state index in [4.69, 9.17) is 5.73 Å². The highest BCUT2D eigenvalue weighted by Gasteiger charge is 2.56. The van der Waals surface area contributed by atoms with Crippen molar-refractivity contribution in [3.8, 4) is 0 Å². The molecular weight excluding hydrogens is 198 g/mol. The second-order valence-electron chi connectivity index (χ2n) is 6.22. The molecule has 2 saturated carbocycles. The van der Waals surface area contributed by atoms with Crippen molar-refractivity contribution in [1.29, 1.82) is 0 Å². The van der Waals surface area contributed by atoms with Gasteiger partial charge >= 0.3 is 0 Å². The summed E-state index contributed by atoms with van der Waals surface area (Å²) in [5.41, 5.74) is 5.62. The van der Waals surface area contributed by atoms with E-state index in [0.717, 1.165) is 25.2 Å². The van der Waals surface area contributed by atoms with Crippen LogP contribution in [-0.2, 0) is 0 Å². The Bertz CT molecular complexity index is 255. The van der Waals surface area contributed by atoms with Gasteiger partial charge in [-0.15, -0.1) is 0 Å². The van der Waals surface area contributed by atoms with Gasteiger partial charge in [-0.25, -0.2) is 0 Å². The van der Waals surface area contributed by atoms with Crippen LogP contribution in [0.25, 0.3) is 0 Å². The maximum atomic E-state index is 11.0. The fraction of sp³-hybridized carbons (Fsp3) is 1.00. The molecule has 0 aromatic heterocycles. The molecular formula is C14H27NO. The van der Waals surface area contributed by atoms with Crippen molar-refractivity contribution in [3.63, 3.8) is 0 Å². The van der Waals surface area contributed by atoms with Gasteiger partial charge in [0.1, 0.15) is 0 Å². The van der Waals surface area contributed by atoms with E-state index in [1.54, 1.807) is 0 Å². The van der Waals surface area contributed by atoms with Crippen molar-refractivity contribution in [2.75, 3.05) is 6.54 Å². The lowest BCUT2D eigenvalue weighted by atomic mass is 9.65. The average molecular weight is 225 g/mol. The average Bonchev–Trinajstić information content (AvgIpc) is 2.86. The van der Waals surface area contributed by atoms with Crippen LogP contribution in [0, 0.1) is 17.3 Å². The maximum Gasteiger partial charge on any atom is 0.0741 e. The van der Waals surface area contributed by atoms with Gasteiger partial charge in [0.05, 0.1) is 5.60 Å².